The number of aliphatic carboxylic acids is 4. The molecule has 4 amide bonds. The van der Waals surface area contributed by atoms with Gasteiger partial charge < -0.3 is 59.3 Å². The van der Waals surface area contributed by atoms with Gasteiger partial charge in [-0.05, 0) is 147 Å². The van der Waals surface area contributed by atoms with Crippen molar-refractivity contribution in [2.45, 2.75) is 297 Å². The SMILES string of the molecule is CCC(=O)O[C@H](OP(=O)(CCCc1ccccc1)CC(=O)N1C[C@H](C2CCCCC2)C[C@H]1C(=O)O)C(C)C.CCC(=O)O[C@H](OP(=O)(CCCc1ccccc1)CC(=O)N1C[C@H](C2CCCCC2)C[C@H]1C(=O)O)C(C)C.O=C(O)[C@@H]1C[C@@H](C2CCCCC2)CN1C(=O)CP(=O)(O)CCCc1ccccc1.O=C(O)[C@@H]1C[C@@H](C2CCCCC2)CN1C(=O)CP(=O)(O)CCCc1ccccc1. The van der Waals surface area contributed by atoms with Crippen LogP contribution in [0.4, 0.5) is 0 Å². The summed E-state index contributed by atoms with van der Waals surface area (Å²) in [7, 11) is -14.5. The van der Waals surface area contributed by atoms with Crippen molar-refractivity contribution < 1.29 is 115 Å². The predicted molar refractivity (Wildman–Crippen MR) is 516 cm³/mol. The van der Waals surface area contributed by atoms with Crippen LogP contribution in [-0.2, 0) is 110 Å². The van der Waals surface area contributed by atoms with E-state index in [2.05, 4.69) is 0 Å². The highest BCUT2D eigenvalue weighted by Crippen LogP contribution is 2.54. The summed E-state index contributed by atoms with van der Waals surface area (Å²) in [5.41, 5.74) is 4.37. The number of ether oxygens (including phenoxy) is 2. The number of hydrogen-bond donors (Lipinski definition) is 6. The number of carbonyl (C=O) groups excluding carboxylic acids is 6. The van der Waals surface area contributed by atoms with Gasteiger partial charge in [-0.25, -0.2) is 19.2 Å². The fourth-order valence-electron chi connectivity index (χ4n) is 21.0. The van der Waals surface area contributed by atoms with Crippen molar-refractivity contribution >= 4 is 88.9 Å². The van der Waals surface area contributed by atoms with Crippen molar-refractivity contribution in [3.8, 4) is 0 Å². The summed E-state index contributed by atoms with van der Waals surface area (Å²) in [6, 6.07) is 35.5. The molecule has 744 valence electrons. The fourth-order valence-corrected chi connectivity index (χ4v) is 28.3. The summed E-state index contributed by atoms with van der Waals surface area (Å²) in [4.78, 5) is 151. The van der Waals surface area contributed by atoms with E-state index in [1.165, 1.54) is 71.0 Å². The average Bonchev–Trinajstić information content (AvgIpc) is 1.71. The lowest BCUT2D eigenvalue weighted by molar-refractivity contribution is -0.170. The molecule has 4 aliphatic heterocycles. The molecule has 8 aliphatic rings. The van der Waals surface area contributed by atoms with E-state index >= 15 is 0 Å². The molecule has 4 heterocycles. The number of amides is 4. The van der Waals surface area contributed by atoms with E-state index in [0.717, 1.165) is 99.3 Å². The topological polar surface area (TPSA) is 410 Å². The summed E-state index contributed by atoms with van der Waals surface area (Å²) in [6.45, 7) is 12.1. The maximum absolute atomic E-state index is 14.2. The second-order valence-corrected chi connectivity index (χ2v) is 49.6. The number of rotatable bonds is 42. The molecule has 4 aromatic rings. The first kappa shape index (κ1) is 110. The van der Waals surface area contributed by atoms with Gasteiger partial charge in [0.1, 0.15) is 48.8 Å². The molecule has 8 fully saturated rings. The number of aryl methyl sites for hydroxylation is 4. The Morgan fingerprint density at radius 1 is 0.321 bits per heavy atom. The molecule has 4 saturated heterocycles. The minimum atomic E-state index is -3.63. The number of carboxylic acid groups (broad SMARTS) is 4. The van der Waals surface area contributed by atoms with E-state index in [9.17, 15) is 96.4 Å². The van der Waals surface area contributed by atoms with Gasteiger partial charge in [0.25, 0.3) is 0 Å². The van der Waals surface area contributed by atoms with Crippen LogP contribution < -0.4 is 0 Å². The Bertz CT molecular complexity index is 4300. The maximum Gasteiger partial charge on any atom is 0.326 e. The van der Waals surface area contributed by atoms with Crippen LogP contribution in [0.25, 0.3) is 0 Å². The van der Waals surface area contributed by atoms with Crippen molar-refractivity contribution in [2.24, 2.45) is 59.2 Å². The van der Waals surface area contributed by atoms with E-state index in [0.29, 0.717) is 127 Å². The molecule has 0 spiro atoms. The molecular formula is C102H152N4O24P4. The van der Waals surface area contributed by atoms with Gasteiger partial charge in [-0.15, -0.1) is 0 Å². The van der Waals surface area contributed by atoms with Gasteiger partial charge in [0.05, 0.1) is 0 Å². The van der Waals surface area contributed by atoms with Gasteiger partial charge in [-0.3, -0.25) is 56.1 Å². The lowest BCUT2D eigenvalue weighted by Gasteiger charge is -2.30. The molecule has 28 nitrogen and oxygen atoms in total. The first-order valence-corrected chi connectivity index (χ1v) is 57.8. The van der Waals surface area contributed by atoms with Crippen LogP contribution in [0.5, 0.6) is 0 Å². The summed E-state index contributed by atoms with van der Waals surface area (Å²) in [5.74, 6) is -4.93. The van der Waals surface area contributed by atoms with Crippen LogP contribution in [0, 0.1) is 59.2 Å². The van der Waals surface area contributed by atoms with Crippen LogP contribution >= 0.6 is 29.5 Å². The minimum absolute atomic E-state index is 0.0747. The van der Waals surface area contributed by atoms with Crippen molar-refractivity contribution in [2.75, 3.05) is 75.5 Å². The van der Waals surface area contributed by atoms with E-state index in [4.69, 9.17) is 18.5 Å². The zero-order chi connectivity index (χ0) is 97.1. The molecule has 0 bridgehead atoms. The highest BCUT2D eigenvalue weighted by molar-refractivity contribution is 7.60. The summed E-state index contributed by atoms with van der Waals surface area (Å²) >= 11 is 0. The van der Waals surface area contributed by atoms with Crippen molar-refractivity contribution in [1.29, 1.82) is 0 Å². The zero-order valence-corrected chi connectivity index (χ0v) is 83.5. The molecule has 14 atom stereocenters. The van der Waals surface area contributed by atoms with Crippen LogP contribution in [-0.4, -0.2) is 221 Å². The number of nitrogens with zero attached hydrogens (tertiary/aromatic N) is 4. The van der Waals surface area contributed by atoms with Crippen LogP contribution in [0.3, 0.4) is 0 Å². The lowest BCUT2D eigenvalue weighted by Crippen LogP contribution is -2.42. The highest BCUT2D eigenvalue weighted by Gasteiger charge is 2.50. The van der Waals surface area contributed by atoms with Gasteiger partial charge in [-0.1, -0.05) is 291 Å². The van der Waals surface area contributed by atoms with E-state index in [-0.39, 0.29) is 73.0 Å². The third-order valence-electron chi connectivity index (χ3n) is 28.5. The number of carbonyl (C=O) groups is 10. The Morgan fingerprint density at radius 2 is 0.537 bits per heavy atom. The lowest BCUT2D eigenvalue weighted by atomic mass is 9.79. The molecule has 12 rings (SSSR count). The Hall–Kier alpha value is -7.66. The largest absolute Gasteiger partial charge is 0.480 e. The number of benzene rings is 4. The normalized spacial score (nSPS) is 23.7. The maximum atomic E-state index is 14.2. The fraction of sp³-hybridized carbons (Fsp3) is 0.667. The molecule has 4 aromatic carbocycles. The van der Waals surface area contributed by atoms with Gasteiger partial charge in [0.2, 0.25) is 65.7 Å². The summed E-state index contributed by atoms with van der Waals surface area (Å²) < 4.78 is 76.5. The van der Waals surface area contributed by atoms with Gasteiger partial charge >= 0.3 is 35.8 Å². The van der Waals surface area contributed by atoms with Crippen molar-refractivity contribution in [1.82, 2.24) is 19.6 Å². The van der Waals surface area contributed by atoms with E-state index < -0.39 is 150 Å². The van der Waals surface area contributed by atoms with Crippen LogP contribution in [0.2, 0.25) is 0 Å². The molecule has 4 saturated carbocycles. The summed E-state index contributed by atoms with van der Waals surface area (Å²) in [6.07, 6.45) is 26.3. The standard InChI is InChI=1S/2C29H44NO7P.2C22H32NO5P/c2*1-4-27(32)36-29(21(2)3)37-38(35,17-11-14-22-12-7-5-8-13-22)20-26(31)30-19-24(18-25(30)28(33)34)23-15-9-6-10-16-23;2*24-21(16-29(27,28)13-7-10-17-8-3-1-4-9-17)23-15-19(14-20(23)22(25)26)18-11-5-2-6-12-18/h2*5,7-8,12-13,21,23-25,29H,4,6,9-11,14-20H2,1-3H3,(H,33,34);2*1,3-4,8-9,18-20H,2,5-7,10-16H2,(H,25,26)(H,27,28)/t2*24-,25+,29-,38?;2*19-,20+/m1111/s1. The Kier molecular flexibility index (Phi) is 44.8. The number of likely N-dealkylation sites (tertiary alicyclic amines) is 4. The van der Waals surface area contributed by atoms with Gasteiger partial charge in [0, 0.05) is 75.5 Å². The Morgan fingerprint density at radius 3 is 0.746 bits per heavy atom. The minimum Gasteiger partial charge on any atom is -0.480 e. The first-order chi connectivity index (χ1) is 63.9. The average molecular weight is 1940 g/mol. The first-order valence-electron chi connectivity index (χ1n) is 49.7. The molecule has 0 radical (unpaired) electrons. The molecule has 6 N–H and O–H groups in total. The molecule has 4 unspecified atom stereocenters. The molecule has 0 aromatic heterocycles. The third-order valence-corrected chi connectivity index (χ3v) is 36.8. The van der Waals surface area contributed by atoms with Crippen molar-refractivity contribution in [3.63, 3.8) is 0 Å². The third kappa shape index (κ3) is 35.7. The number of esters is 2. The smallest absolute Gasteiger partial charge is 0.326 e. The molecule has 32 heteroatoms. The second kappa shape index (κ2) is 54.6. The zero-order valence-electron chi connectivity index (χ0n) is 79.9. The quantitative estimate of drug-likeness (QED) is 0.0136. The second-order valence-electron chi connectivity index (χ2n) is 39.5. The van der Waals surface area contributed by atoms with E-state index in [1.807, 2.05) is 121 Å². The Balaban J connectivity index is 0.000000202. The van der Waals surface area contributed by atoms with Crippen molar-refractivity contribution in [3.05, 3.63) is 144 Å². The molecule has 4 aliphatic carbocycles. The van der Waals surface area contributed by atoms with Crippen LogP contribution in [0.1, 0.15) is 256 Å². The van der Waals surface area contributed by atoms with Gasteiger partial charge in [-0.2, -0.15) is 0 Å². The number of hydrogen-bond acceptors (Lipinski definition) is 18. The monoisotopic (exact) mass is 1940 g/mol. The molecule has 134 heavy (non-hydrogen) atoms. The number of carboxylic acids is 4. The van der Waals surface area contributed by atoms with Crippen LogP contribution in [0.15, 0.2) is 121 Å². The Labute approximate surface area is 793 Å². The molecular weight excluding hydrogens is 1790 g/mol. The van der Waals surface area contributed by atoms with Gasteiger partial charge in [0.15, 0.2) is 0 Å². The highest BCUT2D eigenvalue weighted by atomic mass is 31.2. The summed E-state index contributed by atoms with van der Waals surface area (Å²) in [5, 5.41) is 39.0. The van der Waals surface area contributed by atoms with E-state index in [1.54, 1.807) is 41.5 Å². The predicted octanol–water partition coefficient (Wildman–Crippen LogP) is 19.0.